The standard InChI is InChI=1S/C25H21Cl2FN2O4/c26-17-7-10-22(19(27)12-17)33-11-3-6-24(31)29-18-8-9-21-23(13-18)34-15-25(32)30(21)14-16-4-1-2-5-20(16)28/h1-2,4-5,7-10,12-13H,3,6,11,14-15H2,(H,29,31). The molecular weight excluding hydrogens is 482 g/mol. The van der Waals surface area contributed by atoms with Gasteiger partial charge in [-0.05, 0) is 42.8 Å². The smallest absolute Gasteiger partial charge is 0.265 e. The van der Waals surface area contributed by atoms with Gasteiger partial charge < -0.3 is 19.7 Å². The summed E-state index contributed by atoms with van der Waals surface area (Å²) in [6.07, 6.45) is 0.720. The molecule has 4 rings (SSSR count). The molecule has 0 unspecified atom stereocenters. The van der Waals surface area contributed by atoms with E-state index < -0.39 is 0 Å². The first kappa shape index (κ1) is 23.9. The molecule has 0 aromatic heterocycles. The minimum absolute atomic E-state index is 0.0885. The molecule has 3 aromatic rings. The summed E-state index contributed by atoms with van der Waals surface area (Å²) in [5, 5.41) is 3.74. The van der Waals surface area contributed by atoms with E-state index in [1.165, 1.54) is 11.0 Å². The summed E-state index contributed by atoms with van der Waals surface area (Å²) in [4.78, 5) is 26.2. The Balaban J connectivity index is 1.33. The Kier molecular flexibility index (Phi) is 7.55. The largest absolute Gasteiger partial charge is 0.492 e. The third-order valence-corrected chi connectivity index (χ3v) is 5.70. The van der Waals surface area contributed by atoms with Crippen molar-refractivity contribution in [2.24, 2.45) is 0 Å². The fraction of sp³-hybridized carbons (Fsp3) is 0.200. The summed E-state index contributed by atoms with van der Waals surface area (Å²) in [7, 11) is 0. The lowest BCUT2D eigenvalue weighted by molar-refractivity contribution is -0.121. The zero-order chi connectivity index (χ0) is 24.1. The summed E-state index contributed by atoms with van der Waals surface area (Å²) in [6.45, 7) is 0.240. The zero-order valence-electron chi connectivity index (χ0n) is 18.0. The number of hydrogen-bond donors (Lipinski definition) is 1. The van der Waals surface area contributed by atoms with Crippen LogP contribution in [0.5, 0.6) is 11.5 Å². The Morgan fingerprint density at radius 3 is 2.74 bits per heavy atom. The van der Waals surface area contributed by atoms with Gasteiger partial charge in [-0.25, -0.2) is 4.39 Å². The predicted octanol–water partition coefficient (Wildman–Crippen LogP) is 5.86. The summed E-state index contributed by atoms with van der Waals surface area (Å²) in [5.74, 6) is 0.103. The second kappa shape index (κ2) is 10.8. The molecule has 9 heteroatoms. The number of nitrogens with zero attached hydrogens (tertiary/aromatic N) is 1. The van der Waals surface area contributed by atoms with E-state index in [1.807, 2.05) is 0 Å². The summed E-state index contributed by atoms with van der Waals surface area (Å²) in [6, 6.07) is 16.3. The fourth-order valence-corrected chi connectivity index (χ4v) is 3.95. The van der Waals surface area contributed by atoms with Crippen molar-refractivity contribution in [1.29, 1.82) is 0 Å². The van der Waals surface area contributed by atoms with Crippen LogP contribution >= 0.6 is 23.2 Å². The van der Waals surface area contributed by atoms with Crippen molar-refractivity contribution in [3.05, 3.63) is 82.1 Å². The molecule has 1 heterocycles. The second-order valence-corrected chi connectivity index (χ2v) is 8.46. The first-order chi connectivity index (χ1) is 16.4. The van der Waals surface area contributed by atoms with Crippen LogP contribution in [-0.4, -0.2) is 25.0 Å². The van der Waals surface area contributed by atoms with Gasteiger partial charge >= 0.3 is 0 Å². The number of benzene rings is 3. The molecule has 0 saturated heterocycles. The lowest BCUT2D eigenvalue weighted by Gasteiger charge is -2.30. The molecule has 1 aliphatic rings. The lowest BCUT2D eigenvalue weighted by Crippen LogP contribution is -2.38. The number of rotatable bonds is 8. The third-order valence-electron chi connectivity index (χ3n) is 5.17. The molecule has 34 heavy (non-hydrogen) atoms. The van der Waals surface area contributed by atoms with Gasteiger partial charge in [0.05, 0.1) is 23.9 Å². The highest BCUT2D eigenvalue weighted by Gasteiger charge is 2.26. The zero-order valence-corrected chi connectivity index (χ0v) is 19.5. The van der Waals surface area contributed by atoms with Gasteiger partial charge in [0.25, 0.3) is 5.91 Å². The van der Waals surface area contributed by atoms with Gasteiger partial charge in [0.15, 0.2) is 6.61 Å². The van der Waals surface area contributed by atoms with Crippen molar-refractivity contribution in [3.63, 3.8) is 0 Å². The third kappa shape index (κ3) is 5.79. The number of ether oxygens (including phenoxy) is 2. The van der Waals surface area contributed by atoms with E-state index in [4.69, 9.17) is 32.7 Å². The van der Waals surface area contributed by atoms with Crippen LogP contribution in [0.2, 0.25) is 10.0 Å². The van der Waals surface area contributed by atoms with Crippen LogP contribution in [0, 0.1) is 5.82 Å². The number of halogens is 3. The molecule has 6 nitrogen and oxygen atoms in total. The molecule has 0 spiro atoms. The van der Waals surface area contributed by atoms with Crippen LogP contribution in [0.3, 0.4) is 0 Å². The fourth-order valence-electron chi connectivity index (χ4n) is 3.48. The van der Waals surface area contributed by atoms with E-state index in [1.54, 1.807) is 54.6 Å². The number of anilines is 2. The van der Waals surface area contributed by atoms with Crippen molar-refractivity contribution in [2.75, 3.05) is 23.4 Å². The molecule has 0 atom stereocenters. The molecule has 2 amide bonds. The van der Waals surface area contributed by atoms with E-state index in [9.17, 15) is 14.0 Å². The first-order valence-corrected chi connectivity index (χ1v) is 11.3. The molecule has 1 aliphatic heterocycles. The number of carbonyl (C=O) groups is 2. The first-order valence-electron chi connectivity index (χ1n) is 10.6. The summed E-state index contributed by atoms with van der Waals surface area (Å²) >= 11 is 11.9. The van der Waals surface area contributed by atoms with Gasteiger partial charge in [-0.2, -0.15) is 0 Å². The highest BCUT2D eigenvalue weighted by molar-refractivity contribution is 6.35. The Morgan fingerprint density at radius 1 is 1.12 bits per heavy atom. The van der Waals surface area contributed by atoms with Crippen molar-refractivity contribution < 1.29 is 23.5 Å². The van der Waals surface area contributed by atoms with Crippen LogP contribution in [0.1, 0.15) is 18.4 Å². The van der Waals surface area contributed by atoms with Gasteiger partial charge in [-0.1, -0.05) is 41.4 Å². The van der Waals surface area contributed by atoms with Crippen LogP contribution in [-0.2, 0) is 16.1 Å². The van der Waals surface area contributed by atoms with Gasteiger partial charge in [-0.15, -0.1) is 0 Å². The highest BCUT2D eigenvalue weighted by atomic mass is 35.5. The Morgan fingerprint density at radius 2 is 1.94 bits per heavy atom. The van der Waals surface area contributed by atoms with Gasteiger partial charge in [0.2, 0.25) is 5.91 Å². The van der Waals surface area contributed by atoms with E-state index in [0.29, 0.717) is 51.5 Å². The van der Waals surface area contributed by atoms with E-state index in [-0.39, 0.29) is 37.2 Å². The topological polar surface area (TPSA) is 67.9 Å². The van der Waals surface area contributed by atoms with Crippen molar-refractivity contribution in [2.45, 2.75) is 19.4 Å². The molecule has 3 aromatic carbocycles. The van der Waals surface area contributed by atoms with Crippen LogP contribution in [0.15, 0.2) is 60.7 Å². The van der Waals surface area contributed by atoms with Gasteiger partial charge in [0, 0.05) is 28.8 Å². The van der Waals surface area contributed by atoms with Crippen LogP contribution in [0.25, 0.3) is 0 Å². The second-order valence-electron chi connectivity index (χ2n) is 7.62. The van der Waals surface area contributed by atoms with Gasteiger partial charge in [-0.3, -0.25) is 9.59 Å². The van der Waals surface area contributed by atoms with Crippen molar-refractivity contribution >= 4 is 46.4 Å². The summed E-state index contributed by atoms with van der Waals surface area (Å²) in [5.41, 5.74) is 1.46. The maximum atomic E-state index is 14.1. The molecule has 0 fully saturated rings. The van der Waals surface area contributed by atoms with Crippen molar-refractivity contribution in [3.8, 4) is 11.5 Å². The number of fused-ring (bicyclic) bond motifs is 1. The highest BCUT2D eigenvalue weighted by Crippen LogP contribution is 2.35. The van der Waals surface area contributed by atoms with Crippen LogP contribution in [0.4, 0.5) is 15.8 Å². The Hall–Kier alpha value is -3.29. The summed E-state index contributed by atoms with van der Waals surface area (Å²) < 4.78 is 25.2. The lowest BCUT2D eigenvalue weighted by atomic mass is 10.1. The predicted molar refractivity (Wildman–Crippen MR) is 129 cm³/mol. The number of carbonyl (C=O) groups excluding carboxylic acids is 2. The Bertz CT molecular complexity index is 1220. The average molecular weight is 503 g/mol. The molecule has 176 valence electrons. The quantitative estimate of drug-likeness (QED) is 0.392. The van der Waals surface area contributed by atoms with E-state index in [0.717, 1.165) is 0 Å². The monoisotopic (exact) mass is 502 g/mol. The minimum atomic E-state index is -0.380. The Labute approximate surface area is 206 Å². The maximum absolute atomic E-state index is 14.1. The normalized spacial score (nSPS) is 12.7. The molecule has 0 bridgehead atoms. The molecule has 0 radical (unpaired) electrons. The molecule has 1 N–H and O–H groups in total. The van der Waals surface area contributed by atoms with Crippen LogP contribution < -0.4 is 19.7 Å². The average Bonchev–Trinajstić information content (AvgIpc) is 2.81. The molecule has 0 aliphatic carbocycles. The molecule has 0 saturated carbocycles. The SMILES string of the molecule is O=C(CCCOc1ccc(Cl)cc1Cl)Nc1ccc2c(c1)OCC(=O)N2Cc1ccccc1F. The van der Waals surface area contributed by atoms with E-state index >= 15 is 0 Å². The maximum Gasteiger partial charge on any atom is 0.265 e. The van der Waals surface area contributed by atoms with Crippen molar-refractivity contribution in [1.82, 2.24) is 0 Å². The number of hydrogen-bond acceptors (Lipinski definition) is 4. The number of nitrogens with one attached hydrogen (secondary N) is 1. The molecular formula is C25H21Cl2FN2O4. The van der Waals surface area contributed by atoms with E-state index in [2.05, 4.69) is 5.32 Å². The van der Waals surface area contributed by atoms with Gasteiger partial charge in [0.1, 0.15) is 17.3 Å². The minimum Gasteiger partial charge on any atom is -0.492 e. The number of amides is 2.